The van der Waals surface area contributed by atoms with Crippen molar-refractivity contribution < 1.29 is 63.7 Å². The molecule has 0 aromatic rings. The maximum absolute atomic E-state index is 9.66. The Morgan fingerprint density at radius 1 is 0.750 bits per heavy atom. The van der Waals surface area contributed by atoms with Crippen molar-refractivity contribution in [1.29, 1.82) is 0 Å². The minimum atomic E-state index is -4.71. The van der Waals surface area contributed by atoms with Crippen LogP contribution in [0.15, 0.2) is 0 Å². The molecule has 0 bridgehead atoms. The molecule has 0 aliphatic rings. The fourth-order valence-electron chi connectivity index (χ4n) is 0.0680. The Morgan fingerprint density at radius 2 is 0.917 bits per heavy atom. The van der Waals surface area contributed by atoms with Crippen molar-refractivity contribution in [3.05, 3.63) is 0 Å². The van der Waals surface area contributed by atoms with Crippen LogP contribution >= 0.6 is 19.7 Å². The molecule has 0 N–H and O–H groups in total. The zero-order valence-electron chi connectivity index (χ0n) is 6.08. The minimum Gasteiger partial charge on any atom is -0.739 e. The third-order valence-electron chi connectivity index (χ3n) is 0.194. The molecule has 0 unspecified atom stereocenters. The Labute approximate surface area is 101 Å². The van der Waals surface area contributed by atoms with Crippen molar-refractivity contribution in [3.8, 4) is 0 Å². The summed E-state index contributed by atoms with van der Waals surface area (Å²) in [7, 11) is -10.5. The van der Waals surface area contributed by atoms with Gasteiger partial charge in [0, 0.05) is 19.7 Å². The van der Waals surface area contributed by atoms with Crippen molar-refractivity contribution in [2.24, 2.45) is 0 Å². The van der Waals surface area contributed by atoms with Crippen LogP contribution in [0.4, 0.5) is 0 Å². The quantitative estimate of drug-likeness (QED) is 0.271. The minimum absolute atomic E-state index is 0. The topological polar surface area (TPSA) is 114 Å². The molecule has 0 aromatic heterocycles. The van der Waals surface area contributed by atoms with E-state index in [-0.39, 0.29) is 37.7 Å². The van der Waals surface area contributed by atoms with E-state index in [1.807, 2.05) is 0 Å². The van der Waals surface area contributed by atoms with Crippen LogP contribution in [0.3, 0.4) is 0 Å². The second-order valence-electron chi connectivity index (χ2n) is 0.953. The molecule has 0 rings (SSSR count). The first-order valence-electron chi connectivity index (χ1n) is 1.50. The van der Waals surface area contributed by atoms with Gasteiger partial charge in [0.25, 0.3) is 0 Å². The summed E-state index contributed by atoms with van der Waals surface area (Å²) >= 11 is 0. The zero-order valence-corrected chi connectivity index (χ0v) is 9.35. The van der Waals surface area contributed by atoms with Gasteiger partial charge in [0.05, 0.1) is 0 Å². The molecule has 0 saturated heterocycles. The maximum Gasteiger partial charge on any atom is 1.00 e. The van der Waals surface area contributed by atoms with E-state index in [1.54, 1.807) is 0 Å². The van der Waals surface area contributed by atoms with Gasteiger partial charge in [-0.15, -0.1) is 0 Å². The molecular formula is Li2O6S4. The summed E-state index contributed by atoms with van der Waals surface area (Å²) in [4.78, 5) is 0. The van der Waals surface area contributed by atoms with Gasteiger partial charge in [-0.3, -0.25) is 0 Å². The Morgan fingerprint density at radius 3 is 1.00 bits per heavy atom. The first kappa shape index (κ1) is 19.3. The van der Waals surface area contributed by atoms with E-state index in [0.717, 1.165) is 0 Å². The number of hydrogen-bond acceptors (Lipinski definition) is 8. The molecule has 0 atom stereocenters. The van der Waals surface area contributed by atoms with Gasteiger partial charge < -0.3 is 9.11 Å². The van der Waals surface area contributed by atoms with Crippen molar-refractivity contribution >= 4 is 38.0 Å². The number of rotatable bonds is 3. The zero-order chi connectivity index (χ0) is 8.41. The second kappa shape index (κ2) is 7.07. The summed E-state index contributed by atoms with van der Waals surface area (Å²) in [5.41, 5.74) is 0. The predicted octanol–water partition coefficient (Wildman–Crippen LogP) is -6.70. The van der Waals surface area contributed by atoms with Crippen LogP contribution in [-0.4, -0.2) is 25.9 Å². The maximum atomic E-state index is 9.66. The van der Waals surface area contributed by atoms with Crippen molar-refractivity contribution in [2.75, 3.05) is 0 Å². The average molecular weight is 238 g/mol. The van der Waals surface area contributed by atoms with Gasteiger partial charge in [-0.25, -0.2) is 16.8 Å². The fourth-order valence-corrected chi connectivity index (χ4v) is 5.51. The molecule has 6 nitrogen and oxygen atoms in total. The summed E-state index contributed by atoms with van der Waals surface area (Å²) in [6.45, 7) is 0. The molecule has 0 radical (unpaired) electrons. The summed E-state index contributed by atoms with van der Waals surface area (Å²) in [6, 6.07) is 0. The van der Waals surface area contributed by atoms with E-state index in [9.17, 15) is 25.9 Å². The Hall–Kier alpha value is 1.71. The smallest absolute Gasteiger partial charge is 0.739 e. The van der Waals surface area contributed by atoms with Crippen LogP contribution in [0, 0.1) is 0 Å². The van der Waals surface area contributed by atoms with Gasteiger partial charge in [0.1, 0.15) is 0 Å². The molecule has 0 saturated carbocycles. The van der Waals surface area contributed by atoms with Gasteiger partial charge in [-0.05, 0) is 0 Å². The van der Waals surface area contributed by atoms with E-state index < -0.39 is 38.0 Å². The Kier molecular flexibility index (Phi) is 11.4. The fraction of sp³-hybridized carbons (Fsp3) is 0. The SMILES string of the molecule is O=S(=O)([O-])SSS(=O)(=O)[O-].[Li+].[Li+]. The first-order chi connectivity index (χ1) is 4.21. The second-order valence-corrected chi connectivity index (χ2v) is 8.57. The third-order valence-corrected chi connectivity index (χ3v) is 6.75. The molecule has 0 aromatic carbocycles. The standard InChI is InChI=1S/2Li.H2O6S4/c;;1-9(2,3)7-8-10(4,5)6/h;;(H,1,2,3)(H,4,5,6)/q2*+1;/p-2. The van der Waals surface area contributed by atoms with Crippen molar-refractivity contribution in [1.82, 2.24) is 0 Å². The molecule has 12 heteroatoms. The summed E-state index contributed by atoms with van der Waals surface area (Å²) < 4.78 is 58.0. The monoisotopic (exact) mass is 238 g/mol. The van der Waals surface area contributed by atoms with Crippen LogP contribution in [0.25, 0.3) is 0 Å². The summed E-state index contributed by atoms with van der Waals surface area (Å²) in [6.07, 6.45) is 0. The van der Waals surface area contributed by atoms with Gasteiger partial charge in [0.15, 0.2) is 18.3 Å². The van der Waals surface area contributed by atoms with Crippen LogP contribution < -0.4 is 37.7 Å². The van der Waals surface area contributed by atoms with Crippen LogP contribution in [-0.2, 0) is 18.3 Å². The van der Waals surface area contributed by atoms with Crippen LogP contribution in [0.5, 0.6) is 0 Å². The third kappa shape index (κ3) is 17.7. The molecule has 12 heavy (non-hydrogen) atoms. The van der Waals surface area contributed by atoms with Crippen LogP contribution in [0.1, 0.15) is 0 Å². The Balaban J connectivity index is -0.000000405. The van der Waals surface area contributed by atoms with Crippen molar-refractivity contribution in [3.63, 3.8) is 0 Å². The largest absolute Gasteiger partial charge is 1.00 e. The van der Waals surface area contributed by atoms with E-state index in [2.05, 4.69) is 0 Å². The van der Waals surface area contributed by atoms with E-state index >= 15 is 0 Å². The van der Waals surface area contributed by atoms with Gasteiger partial charge in [0.2, 0.25) is 0 Å². The molecule has 0 aliphatic heterocycles. The molecule has 0 heterocycles. The van der Waals surface area contributed by atoms with Gasteiger partial charge >= 0.3 is 37.7 Å². The van der Waals surface area contributed by atoms with Crippen molar-refractivity contribution in [2.45, 2.75) is 0 Å². The van der Waals surface area contributed by atoms with E-state index in [0.29, 0.717) is 0 Å². The van der Waals surface area contributed by atoms with E-state index in [4.69, 9.17) is 0 Å². The normalized spacial score (nSPS) is 11.2. The molecular weight excluding hydrogens is 238 g/mol. The molecule has 62 valence electrons. The van der Waals surface area contributed by atoms with Gasteiger partial charge in [-0.1, -0.05) is 0 Å². The predicted molar refractivity (Wildman–Crippen MR) is 34.6 cm³/mol. The average Bonchev–Trinajstić information content (AvgIpc) is 1.57. The molecule has 0 fully saturated rings. The number of hydrogen-bond donors (Lipinski definition) is 0. The van der Waals surface area contributed by atoms with Gasteiger partial charge in [-0.2, -0.15) is 0 Å². The molecule has 0 spiro atoms. The first-order valence-corrected chi connectivity index (χ1v) is 7.50. The van der Waals surface area contributed by atoms with E-state index in [1.165, 1.54) is 0 Å². The van der Waals surface area contributed by atoms with Crippen LogP contribution in [0.2, 0.25) is 0 Å². The summed E-state index contributed by atoms with van der Waals surface area (Å²) in [5, 5.41) is 0. The summed E-state index contributed by atoms with van der Waals surface area (Å²) in [5.74, 6) is 0. The molecule has 0 aliphatic carbocycles. The Bertz CT molecular complexity index is 254. The molecule has 0 amide bonds.